The highest BCUT2D eigenvalue weighted by Crippen LogP contribution is 2.24. The van der Waals surface area contributed by atoms with Crippen LogP contribution in [0.1, 0.15) is 20.7 Å². The molecule has 0 saturated heterocycles. The van der Waals surface area contributed by atoms with Crippen molar-refractivity contribution in [1.29, 1.82) is 0 Å². The third-order valence-corrected chi connectivity index (χ3v) is 2.64. The molecule has 1 rings (SSSR count). The second kappa shape index (κ2) is 4.41. The molecule has 0 aliphatic rings. The van der Waals surface area contributed by atoms with Gasteiger partial charge in [0.25, 0.3) is 5.91 Å². The summed E-state index contributed by atoms with van der Waals surface area (Å²) < 4.78 is 5.58. The lowest BCUT2D eigenvalue weighted by atomic mass is 10.1. The molecule has 0 aromatic heterocycles. The van der Waals surface area contributed by atoms with Crippen LogP contribution in [0.4, 0.5) is 0 Å². The molecular weight excluding hydrogens is 297 g/mol. The normalized spacial score (nSPS) is 9.57. The monoisotopic (exact) mass is 305 g/mol. The molecule has 5 heteroatoms. The van der Waals surface area contributed by atoms with E-state index in [-0.39, 0.29) is 11.1 Å². The average Bonchev–Trinajstić information content (AvgIpc) is 2.16. The van der Waals surface area contributed by atoms with Gasteiger partial charge in [-0.2, -0.15) is 0 Å². The van der Waals surface area contributed by atoms with Crippen molar-refractivity contribution in [3.63, 3.8) is 0 Å². The van der Waals surface area contributed by atoms with Crippen LogP contribution in [0.3, 0.4) is 0 Å². The van der Waals surface area contributed by atoms with Gasteiger partial charge in [0, 0.05) is 3.57 Å². The van der Waals surface area contributed by atoms with Crippen molar-refractivity contribution in [1.82, 2.24) is 0 Å². The van der Waals surface area contributed by atoms with E-state index < -0.39 is 5.91 Å². The molecule has 4 nitrogen and oxygen atoms in total. The van der Waals surface area contributed by atoms with Crippen LogP contribution in [0.5, 0.6) is 5.75 Å². The molecule has 74 valence electrons. The molecular formula is C9H8INO3. The molecule has 0 heterocycles. The van der Waals surface area contributed by atoms with E-state index in [0.29, 0.717) is 15.6 Å². The molecule has 0 fully saturated rings. The number of hydrogen-bond donors (Lipinski definition) is 1. The lowest BCUT2D eigenvalue weighted by Crippen LogP contribution is -2.16. The number of hydrogen-bond acceptors (Lipinski definition) is 3. The summed E-state index contributed by atoms with van der Waals surface area (Å²) in [4.78, 5) is 21.8. The fourth-order valence-corrected chi connectivity index (χ4v) is 1.86. The minimum Gasteiger partial charge on any atom is -0.496 e. The van der Waals surface area contributed by atoms with E-state index in [0.717, 1.165) is 0 Å². The first-order valence-corrected chi connectivity index (χ1v) is 4.81. The predicted octanol–water partition coefficient (Wildman–Crippen LogP) is 1.21. The summed E-state index contributed by atoms with van der Waals surface area (Å²) in [6, 6.07) is 3.30. The predicted molar refractivity (Wildman–Crippen MR) is 59.6 cm³/mol. The molecule has 0 aliphatic carbocycles. The molecule has 2 N–H and O–H groups in total. The van der Waals surface area contributed by atoms with Crippen molar-refractivity contribution < 1.29 is 14.3 Å². The minimum atomic E-state index is -0.629. The topological polar surface area (TPSA) is 69.4 Å². The highest BCUT2D eigenvalue weighted by molar-refractivity contribution is 14.1. The zero-order valence-corrected chi connectivity index (χ0v) is 9.57. The number of primary amides is 1. The Morgan fingerprint density at radius 2 is 2.21 bits per heavy atom. The first-order valence-electron chi connectivity index (χ1n) is 3.73. The molecule has 0 spiro atoms. The summed E-state index contributed by atoms with van der Waals surface area (Å²) in [7, 11) is 1.43. The van der Waals surface area contributed by atoms with Crippen LogP contribution in [0.15, 0.2) is 12.1 Å². The van der Waals surface area contributed by atoms with Crippen molar-refractivity contribution in [2.75, 3.05) is 7.11 Å². The zero-order chi connectivity index (χ0) is 10.7. The van der Waals surface area contributed by atoms with E-state index >= 15 is 0 Å². The molecule has 0 saturated carbocycles. The molecule has 0 unspecified atom stereocenters. The van der Waals surface area contributed by atoms with Crippen LogP contribution in [0.2, 0.25) is 0 Å². The fourth-order valence-electron chi connectivity index (χ4n) is 1.12. The molecule has 0 radical (unpaired) electrons. The van der Waals surface area contributed by atoms with E-state index in [1.807, 2.05) is 22.6 Å². The summed E-state index contributed by atoms with van der Waals surface area (Å²) in [5.74, 6) is -0.274. The average molecular weight is 305 g/mol. The van der Waals surface area contributed by atoms with E-state index in [4.69, 9.17) is 10.5 Å². The Bertz CT molecular complexity index is 390. The number of aldehydes is 1. The Morgan fingerprint density at radius 3 is 2.64 bits per heavy atom. The Kier molecular flexibility index (Phi) is 3.45. The first-order chi connectivity index (χ1) is 6.61. The lowest BCUT2D eigenvalue weighted by Gasteiger charge is -2.08. The van der Waals surface area contributed by atoms with E-state index in [1.165, 1.54) is 7.11 Å². The standard InChI is InChI=1S/C9H8INO3/c1-14-7-3-2-6(10)8(9(11)13)5(7)4-12/h2-4H,1H3,(H2,11,13). The van der Waals surface area contributed by atoms with Crippen LogP contribution < -0.4 is 10.5 Å². The maximum atomic E-state index is 11.1. The van der Waals surface area contributed by atoms with E-state index in [1.54, 1.807) is 12.1 Å². The Labute approximate surface area is 94.6 Å². The van der Waals surface area contributed by atoms with Gasteiger partial charge in [0.1, 0.15) is 5.75 Å². The number of carbonyl (C=O) groups excluding carboxylic acids is 2. The van der Waals surface area contributed by atoms with Crippen molar-refractivity contribution in [2.24, 2.45) is 5.73 Å². The van der Waals surface area contributed by atoms with Crippen molar-refractivity contribution in [3.8, 4) is 5.75 Å². The van der Waals surface area contributed by atoms with Crippen LogP contribution in [-0.4, -0.2) is 19.3 Å². The second-order valence-electron chi connectivity index (χ2n) is 2.52. The second-order valence-corrected chi connectivity index (χ2v) is 3.68. The molecule has 14 heavy (non-hydrogen) atoms. The van der Waals surface area contributed by atoms with Crippen LogP contribution in [0.25, 0.3) is 0 Å². The third kappa shape index (κ3) is 1.87. The van der Waals surface area contributed by atoms with Crippen LogP contribution in [0, 0.1) is 3.57 Å². The summed E-state index contributed by atoms with van der Waals surface area (Å²) in [6.45, 7) is 0. The van der Waals surface area contributed by atoms with Gasteiger partial charge in [-0.15, -0.1) is 0 Å². The van der Waals surface area contributed by atoms with Gasteiger partial charge >= 0.3 is 0 Å². The Morgan fingerprint density at radius 1 is 1.57 bits per heavy atom. The fraction of sp³-hybridized carbons (Fsp3) is 0.111. The van der Waals surface area contributed by atoms with Gasteiger partial charge in [0.15, 0.2) is 6.29 Å². The minimum absolute atomic E-state index is 0.201. The van der Waals surface area contributed by atoms with Gasteiger partial charge in [0.05, 0.1) is 18.2 Å². The van der Waals surface area contributed by atoms with Crippen molar-refractivity contribution >= 4 is 34.8 Å². The highest BCUT2D eigenvalue weighted by atomic mass is 127. The zero-order valence-electron chi connectivity index (χ0n) is 7.41. The Balaban J connectivity index is 3.50. The van der Waals surface area contributed by atoms with Gasteiger partial charge in [-0.1, -0.05) is 0 Å². The first kappa shape index (κ1) is 11.0. The number of methoxy groups -OCH3 is 1. The maximum Gasteiger partial charge on any atom is 0.250 e. The molecule has 1 aromatic carbocycles. The maximum absolute atomic E-state index is 11.1. The largest absolute Gasteiger partial charge is 0.496 e. The molecule has 1 aromatic rings. The van der Waals surface area contributed by atoms with Gasteiger partial charge in [-0.3, -0.25) is 9.59 Å². The summed E-state index contributed by atoms with van der Waals surface area (Å²) in [5, 5.41) is 0. The number of halogens is 1. The van der Waals surface area contributed by atoms with Crippen molar-refractivity contribution in [2.45, 2.75) is 0 Å². The van der Waals surface area contributed by atoms with E-state index in [9.17, 15) is 9.59 Å². The molecule has 0 bridgehead atoms. The van der Waals surface area contributed by atoms with Gasteiger partial charge in [-0.05, 0) is 34.7 Å². The van der Waals surface area contributed by atoms with Crippen LogP contribution in [-0.2, 0) is 0 Å². The molecule has 0 atom stereocenters. The van der Waals surface area contributed by atoms with Gasteiger partial charge in [-0.25, -0.2) is 0 Å². The summed E-state index contributed by atoms with van der Waals surface area (Å²) >= 11 is 1.94. The summed E-state index contributed by atoms with van der Waals surface area (Å²) in [5.41, 5.74) is 5.57. The summed E-state index contributed by atoms with van der Waals surface area (Å²) in [6.07, 6.45) is 0.571. The number of amides is 1. The molecule has 0 aliphatic heterocycles. The quantitative estimate of drug-likeness (QED) is 0.674. The highest BCUT2D eigenvalue weighted by Gasteiger charge is 2.16. The smallest absolute Gasteiger partial charge is 0.250 e. The number of ether oxygens (including phenoxy) is 1. The van der Waals surface area contributed by atoms with Gasteiger partial charge < -0.3 is 10.5 Å². The number of rotatable bonds is 3. The SMILES string of the molecule is COc1ccc(I)c(C(N)=O)c1C=O. The number of benzene rings is 1. The third-order valence-electron chi connectivity index (χ3n) is 1.74. The number of nitrogens with two attached hydrogens (primary N) is 1. The van der Waals surface area contributed by atoms with E-state index in [2.05, 4.69) is 0 Å². The van der Waals surface area contributed by atoms with Crippen molar-refractivity contribution in [3.05, 3.63) is 26.8 Å². The van der Waals surface area contributed by atoms with Gasteiger partial charge in [0.2, 0.25) is 0 Å². The molecule has 1 amide bonds. The number of carbonyl (C=O) groups is 2. The Hall–Kier alpha value is -1.11. The lowest BCUT2D eigenvalue weighted by molar-refractivity contribution is 0.0991. The van der Waals surface area contributed by atoms with Crippen LogP contribution >= 0.6 is 22.6 Å².